The lowest BCUT2D eigenvalue weighted by Gasteiger charge is -2.24. The first-order valence-corrected chi connectivity index (χ1v) is 5.34. The zero-order chi connectivity index (χ0) is 10.8. The van der Waals surface area contributed by atoms with Gasteiger partial charge in [0, 0.05) is 10.9 Å². The van der Waals surface area contributed by atoms with Crippen molar-refractivity contribution >= 4 is 34.4 Å². The molecule has 0 saturated carbocycles. The van der Waals surface area contributed by atoms with Crippen molar-refractivity contribution in [1.82, 2.24) is 5.32 Å². The van der Waals surface area contributed by atoms with Crippen LogP contribution in [0.15, 0.2) is 22.7 Å². The SMILES string of the molecule is Cl.O=C1N[C@H](c2ccc(F)cc2Br)CCO1. The maximum absolute atomic E-state index is 12.8. The van der Waals surface area contributed by atoms with Crippen molar-refractivity contribution in [3.05, 3.63) is 34.1 Å². The van der Waals surface area contributed by atoms with Gasteiger partial charge < -0.3 is 10.1 Å². The fraction of sp³-hybridized carbons (Fsp3) is 0.300. The van der Waals surface area contributed by atoms with Crippen LogP contribution < -0.4 is 5.32 Å². The second-order valence-electron chi connectivity index (χ2n) is 3.29. The van der Waals surface area contributed by atoms with Gasteiger partial charge in [-0.1, -0.05) is 22.0 Å². The third kappa shape index (κ3) is 2.86. The van der Waals surface area contributed by atoms with E-state index in [0.717, 1.165) is 5.56 Å². The summed E-state index contributed by atoms with van der Waals surface area (Å²) in [6.45, 7) is 0.389. The Bertz CT molecular complexity index is 402. The summed E-state index contributed by atoms with van der Waals surface area (Å²) in [7, 11) is 0. The molecular weight excluding hydrogens is 300 g/mol. The quantitative estimate of drug-likeness (QED) is 0.865. The lowest BCUT2D eigenvalue weighted by atomic mass is 10.0. The average Bonchev–Trinajstić information content (AvgIpc) is 2.17. The van der Waals surface area contributed by atoms with E-state index in [4.69, 9.17) is 4.74 Å². The Morgan fingerprint density at radius 1 is 1.50 bits per heavy atom. The maximum atomic E-state index is 12.8. The third-order valence-corrected chi connectivity index (χ3v) is 2.96. The summed E-state index contributed by atoms with van der Waals surface area (Å²) in [5.74, 6) is -0.302. The molecule has 1 aromatic rings. The molecule has 0 aliphatic carbocycles. The maximum Gasteiger partial charge on any atom is 0.407 e. The molecule has 0 unspecified atom stereocenters. The summed E-state index contributed by atoms with van der Waals surface area (Å²) in [5.41, 5.74) is 0.869. The topological polar surface area (TPSA) is 38.3 Å². The van der Waals surface area contributed by atoms with Crippen molar-refractivity contribution in [2.45, 2.75) is 12.5 Å². The average molecular weight is 311 g/mol. The fourth-order valence-electron chi connectivity index (χ4n) is 1.54. The minimum Gasteiger partial charge on any atom is -0.449 e. The summed E-state index contributed by atoms with van der Waals surface area (Å²) in [6.07, 6.45) is 0.262. The Labute approximate surface area is 107 Å². The molecule has 0 spiro atoms. The highest BCUT2D eigenvalue weighted by Gasteiger charge is 2.22. The molecule has 3 nitrogen and oxygen atoms in total. The molecule has 1 saturated heterocycles. The van der Waals surface area contributed by atoms with Crippen LogP contribution >= 0.6 is 28.3 Å². The molecule has 1 aliphatic rings. The zero-order valence-corrected chi connectivity index (χ0v) is 10.6. The summed E-state index contributed by atoms with van der Waals surface area (Å²) < 4.78 is 18.3. The molecular formula is C10H10BrClFNO2. The van der Waals surface area contributed by atoms with Gasteiger partial charge in [0.15, 0.2) is 0 Å². The highest BCUT2D eigenvalue weighted by atomic mass is 79.9. The van der Waals surface area contributed by atoms with Crippen LogP contribution in [0.1, 0.15) is 18.0 Å². The van der Waals surface area contributed by atoms with E-state index in [0.29, 0.717) is 17.5 Å². The highest BCUT2D eigenvalue weighted by molar-refractivity contribution is 9.10. The van der Waals surface area contributed by atoms with Gasteiger partial charge in [0.25, 0.3) is 0 Å². The molecule has 0 aromatic heterocycles. The minimum absolute atomic E-state index is 0. The molecule has 1 atom stereocenters. The van der Waals surface area contributed by atoms with Gasteiger partial charge in [-0.2, -0.15) is 0 Å². The number of benzene rings is 1. The van der Waals surface area contributed by atoms with Crippen LogP contribution in [0.2, 0.25) is 0 Å². The van der Waals surface area contributed by atoms with Crippen LogP contribution in [0.4, 0.5) is 9.18 Å². The van der Waals surface area contributed by atoms with Crippen LogP contribution in [0, 0.1) is 5.82 Å². The minimum atomic E-state index is -0.428. The largest absolute Gasteiger partial charge is 0.449 e. The summed E-state index contributed by atoms with van der Waals surface area (Å²) >= 11 is 3.27. The fourth-order valence-corrected chi connectivity index (χ4v) is 2.17. The molecule has 1 amide bonds. The number of rotatable bonds is 1. The Hall–Kier alpha value is -0.810. The standard InChI is InChI=1S/C10H9BrFNO2.ClH/c11-8-5-6(12)1-2-7(8)9-3-4-15-10(14)13-9;/h1-2,5,9H,3-4H2,(H,13,14);1H/t9-;/m0./s1. The van der Waals surface area contributed by atoms with Crippen molar-refractivity contribution in [2.24, 2.45) is 0 Å². The van der Waals surface area contributed by atoms with Crippen molar-refractivity contribution in [2.75, 3.05) is 6.61 Å². The summed E-state index contributed by atoms with van der Waals surface area (Å²) in [6, 6.07) is 4.31. The normalized spacial score (nSPS) is 19.4. The zero-order valence-electron chi connectivity index (χ0n) is 8.20. The molecule has 1 aromatic carbocycles. The Balaban J connectivity index is 0.00000128. The molecule has 2 rings (SSSR count). The Morgan fingerprint density at radius 2 is 2.25 bits per heavy atom. The van der Waals surface area contributed by atoms with Gasteiger partial charge in [-0.05, 0) is 17.7 Å². The molecule has 1 N–H and O–H groups in total. The van der Waals surface area contributed by atoms with Crippen LogP contribution in [0.3, 0.4) is 0 Å². The van der Waals surface area contributed by atoms with Crippen molar-refractivity contribution < 1.29 is 13.9 Å². The van der Waals surface area contributed by atoms with E-state index in [1.165, 1.54) is 12.1 Å². The van der Waals surface area contributed by atoms with Gasteiger partial charge in [-0.25, -0.2) is 9.18 Å². The van der Waals surface area contributed by atoms with E-state index in [1.807, 2.05) is 0 Å². The molecule has 1 fully saturated rings. The molecule has 0 radical (unpaired) electrons. The van der Waals surface area contributed by atoms with Crippen molar-refractivity contribution in [3.8, 4) is 0 Å². The second-order valence-corrected chi connectivity index (χ2v) is 4.14. The van der Waals surface area contributed by atoms with Gasteiger partial charge in [-0.3, -0.25) is 0 Å². The van der Waals surface area contributed by atoms with E-state index in [2.05, 4.69) is 21.2 Å². The summed E-state index contributed by atoms with van der Waals surface area (Å²) in [4.78, 5) is 11.0. The number of amides is 1. The molecule has 6 heteroatoms. The third-order valence-electron chi connectivity index (χ3n) is 2.27. The lowest BCUT2D eigenvalue weighted by Crippen LogP contribution is -2.35. The van der Waals surface area contributed by atoms with E-state index in [1.54, 1.807) is 6.07 Å². The van der Waals surface area contributed by atoms with E-state index in [-0.39, 0.29) is 24.3 Å². The monoisotopic (exact) mass is 309 g/mol. The number of nitrogens with one attached hydrogen (secondary N) is 1. The van der Waals surface area contributed by atoms with Gasteiger partial charge in [-0.15, -0.1) is 12.4 Å². The number of cyclic esters (lactones) is 1. The van der Waals surface area contributed by atoms with Gasteiger partial charge in [0.2, 0.25) is 0 Å². The predicted octanol–water partition coefficient (Wildman–Crippen LogP) is 3.18. The number of alkyl carbamates (subject to hydrolysis) is 1. The van der Waals surface area contributed by atoms with Crippen LogP contribution in [-0.2, 0) is 4.74 Å². The molecule has 88 valence electrons. The number of carbonyl (C=O) groups is 1. The number of hydrogen-bond acceptors (Lipinski definition) is 2. The number of carbonyl (C=O) groups excluding carboxylic acids is 1. The van der Waals surface area contributed by atoms with E-state index < -0.39 is 6.09 Å². The van der Waals surface area contributed by atoms with Crippen LogP contribution in [-0.4, -0.2) is 12.7 Å². The van der Waals surface area contributed by atoms with E-state index in [9.17, 15) is 9.18 Å². The number of ether oxygens (including phenoxy) is 1. The van der Waals surface area contributed by atoms with Crippen LogP contribution in [0.25, 0.3) is 0 Å². The predicted molar refractivity (Wildman–Crippen MR) is 63.2 cm³/mol. The van der Waals surface area contributed by atoms with Crippen molar-refractivity contribution in [3.63, 3.8) is 0 Å². The van der Waals surface area contributed by atoms with E-state index >= 15 is 0 Å². The Kier molecular flexibility index (Phi) is 4.56. The van der Waals surface area contributed by atoms with Gasteiger partial charge >= 0.3 is 6.09 Å². The summed E-state index contributed by atoms with van der Waals surface area (Å²) in [5, 5.41) is 2.68. The van der Waals surface area contributed by atoms with Gasteiger partial charge in [0.05, 0.1) is 12.6 Å². The first-order chi connectivity index (χ1) is 7.16. The van der Waals surface area contributed by atoms with Crippen molar-refractivity contribution in [1.29, 1.82) is 0 Å². The number of halogens is 3. The molecule has 16 heavy (non-hydrogen) atoms. The first kappa shape index (κ1) is 13.3. The first-order valence-electron chi connectivity index (χ1n) is 4.55. The molecule has 1 heterocycles. The van der Waals surface area contributed by atoms with Gasteiger partial charge in [0.1, 0.15) is 5.82 Å². The molecule has 1 aliphatic heterocycles. The lowest BCUT2D eigenvalue weighted by molar-refractivity contribution is 0.115. The number of hydrogen-bond donors (Lipinski definition) is 1. The second kappa shape index (κ2) is 5.50. The Morgan fingerprint density at radius 3 is 2.88 bits per heavy atom. The van der Waals surface area contributed by atoms with Crippen LogP contribution in [0.5, 0.6) is 0 Å². The molecule has 0 bridgehead atoms. The smallest absolute Gasteiger partial charge is 0.407 e. The highest BCUT2D eigenvalue weighted by Crippen LogP contribution is 2.27.